The van der Waals surface area contributed by atoms with Gasteiger partial charge in [-0.15, -0.1) is 12.4 Å². The maximum absolute atomic E-state index is 12.8. The maximum atomic E-state index is 12.8. The summed E-state index contributed by atoms with van der Waals surface area (Å²) >= 11 is 5.69. The van der Waals surface area contributed by atoms with Gasteiger partial charge in [-0.25, -0.2) is 4.39 Å². The van der Waals surface area contributed by atoms with Crippen molar-refractivity contribution in [3.8, 4) is 5.75 Å². The molecular weight excluding hydrogens is 216 g/mol. The van der Waals surface area contributed by atoms with E-state index in [1.807, 2.05) is 0 Å². The molecule has 0 aliphatic carbocycles. The summed E-state index contributed by atoms with van der Waals surface area (Å²) in [6.07, 6.45) is 0. The second-order valence-corrected chi connectivity index (χ2v) is 2.99. The zero-order valence-electron chi connectivity index (χ0n) is 6.92. The van der Waals surface area contributed by atoms with Crippen LogP contribution in [0.15, 0.2) is 12.1 Å². The van der Waals surface area contributed by atoms with Crippen molar-refractivity contribution in [1.82, 2.24) is 0 Å². The lowest BCUT2D eigenvalue weighted by molar-refractivity contribution is 0.422. The Morgan fingerprint density at radius 3 is 2.46 bits per heavy atom. The van der Waals surface area contributed by atoms with E-state index in [-0.39, 0.29) is 23.0 Å². The van der Waals surface area contributed by atoms with Crippen molar-refractivity contribution in [2.75, 3.05) is 0 Å². The van der Waals surface area contributed by atoms with Gasteiger partial charge in [0.1, 0.15) is 0 Å². The quantitative estimate of drug-likeness (QED) is 0.773. The van der Waals surface area contributed by atoms with Gasteiger partial charge in [0.25, 0.3) is 0 Å². The van der Waals surface area contributed by atoms with E-state index in [1.54, 1.807) is 6.92 Å². The standard InChI is InChI=1S/C8H9ClFNO.ClH/c1-4(11)7-5(9)2-3-6(10)8(7)12;/h2-4,12H,11H2,1H3;1H/t4-;/m0./s1. The van der Waals surface area contributed by atoms with Gasteiger partial charge in [0.15, 0.2) is 11.6 Å². The summed E-state index contributed by atoms with van der Waals surface area (Å²) in [4.78, 5) is 0. The molecular formula is C8H10Cl2FNO. The SMILES string of the molecule is C[C@H](N)c1c(Cl)ccc(F)c1O.Cl. The van der Waals surface area contributed by atoms with Gasteiger partial charge in [0.05, 0.1) is 0 Å². The molecule has 0 spiro atoms. The van der Waals surface area contributed by atoms with E-state index < -0.39 is 17.6 Å². The molecule has 1 aromatic carbocycles. The monoisotopic (exact) mass is 225 g/mol. The molecule has 0 amide bonds. The third-order valence-corrected chi connectivity index (χ3v) is 1.90. The fourth-order valence-corrected chi connectivity index (χ4v) is 1.31. The van der Waals surface area contributed by atoms with E-state index in [2.05, 4.69) is 0 Å². The van der Waals surface area contributed by atoms with Gasteiger partial charge in [-0.2, -0.15) is 0 Å². The van der Waals surface area contributed by atoms with Crippen LogP contribution in [0.4, 0.5) is 4.39 Å². The number of phenols is 1. The average molecular weight is 226 g/mol. The third-order valence-electron chi connectivity index (χ3n) is 1.57. The van der Waals surface area contributed by atoms with Gasteiger partial charge < -0.3 is 10.8 Å². The Kier molecular flexibility index (Phi) is 4.47. The van der Waals surface area contributed by atoms with Crippen molar-refractivity contribution >= 4 is 24.0 Å². The Bertz CT molecular complexity index is 304. The van der Waals surface area contributed by atoms with E-state index in [0.717, 1.165) is 6.07 Å². The van der Waals surface area contributed by atoms with Gasteiger partial charge in [-0.05, 0) is 19.1 Å². The van der Waals surface area contributed by atoms with Crippen LogP contribution in [0.2, 0.25) is 5.02 Å². The summed E-state index contributed by atoms with van der Waals surface area (Å²) in [6, 6.07) is 1.99. The van der Waals surface area contributed by atoms with Crippen molar-refractivity contribution < 1.29 is 9.50 Å². The van der Waals surface area contributed by atoms with Crippen LogP contribution in [-0.2, 0) is 0 Å². The highest BCUT2D eigenvalue weighted by molar-refractivity contribution is 6.31. The van der Waals surface area contributed by atoms with Crippen molar-refractivity contribution in [2.45, 2.75) is 13.0 Å². The van der Waals surface area contributed by atoms with Crippen LogP contribution >= 0.6 is 24.0 Å². The largest absolute Gasteiger partial charge is 0.505 e. The number of halogens is 3. The number of aromatic hydroxyl groups is 1. The lowest BCUT2D eigenvalue weighted by atomic mass is 10.1. The van der Waals surface area contributed by atoms with Gasteiger partial charge >= 0.3 is 0 Å². The number of benzene rings is 1. The predicted octanol–water partition coefficient (Wildman–Crippen LogP) is 2.63. The zero-order chi connectivity index (χ0) is 9.30. The number of hydrogen-bond acceptors (Lipinski definition) is 2. The average Bonchev–Trinajstić information content (AvgIpc) is 1.97. The normalized spacial score (nSPS) is 12.0. The van der Waals surface area contributed by atoms with Crippen LogP contribution in [0.3, 0.4) is 0 Å². The highest BCUT2D eigenvalue weighted by atomic mass is 35.5. The number of nitrogens with two attached hydrogens (primary N) is 1. The van der Waals surface area contributed by atoms with Crippen LogP contribution in [-0.4, -0.2) is 5.11 Å². The molecule has 0 bridgehead atoms. The second-order valence-electron chi connectivity index (χ2n) is 2.58. The number of rotatable bonds is 1. The molecule has 0 heterocycles. The fourth-order valence-electron chi connectivity index (χ4n) is 0.990. The molecule has 2 nitrogen and oxygen atoms in total. The molecule has 0 aliphatic heterocycles. The maximum Gasteiger partial charge on any atom is 0.165 e. The van der Waals surface area contributed by atoms with E-state index in [1.165, 1.54) is 6.07 Å². The van der Waals surface area contributed by atoms with Crippen LogP contribution < -0.4 is 5.73 Å². The van der Waals surface area contributed by atoms with Gasteiger partial charge in [-0.1, -0.05) is 11.6 Å². The number of phenolic OH excluding ortho intramolecular Hbond substituents is 1. The van der Waals surface area contributed by atoms with Gasteiger partial charge in [0, 0.05) is 16.6 Å². The third kappa shape index (κ3) is 2.46. The van der Waals surface area contributed by atoms with E-state index in [0.29, 0.717) is 0 Å². The highest BCUT2D eigenvalue weighted by Crippen LogP contribution is 2.32. The molecule has 0 unspecified atom stereocenters. The molecule has 13 heavy (non-hydrogen) atoms. The molecule has 1 atom stereocenters. The Morgan fingerprint density at radius 1 is 1.54 bits per heavy atom. The van der Waals surface area contributed by atoms with Gasteiger partial charge in [-0.3, -0.25) is 0 Å². The summed E-state index contributed by atoms with van der Waals surface area (Å²) in [6.45, 7) is 1.63. The van der Waals surface area contributed by atoms with E-state index in [4.69, 9.17) is 17.3 Å². The van der Waals surface area contributed by atoms with Crippen LogP contribution in [0, 0.1) is 5.82 Å². The molecule has 3 N–H and O–H groups in total. The number of hydrogen-bond donors (Lipinski definition) is 2. The Hall–Kier alpha value is -0.510. The van der Waals surface area contributed by atoms with E-state index >= 15 is 0 Å². The zero-order valence-corrected chi connectivity index (χ0v) is 8.49. The molecule has 0 saturated heterocycles. The van der Waals surface area contributed by atoms with Crippen molar-refractivity contribution in [1.29, 1.82) is 0 Å². The summed E-state index contributed by atoms with van der Waals surface area (Å²) in [5, 5.41) is 9.49. The molecule has 74 valence electrons. The van der Waals surface area contributed by atoms with Crippen LogP contribution in [0.25, 0.3) is 0 Å². The van der Waals surface area contributed by atoms with Crippen molar-refractivity contribution in [2.24, 2.45) is 5.73 Å². The molecule has 0 fully saturated rings. The second kappa shape index (κ2) is 4.65. The minimum absolute atomic E-state index is 0. The topological polar surface area (TPSA) is 46.2 Å². The predicted molar refractivity (Wildman–Crippen MR) is 52.9 cm³/mol. The first-order valence-corrected chi connectivity index (χ1v) is 3.84. The molecule has 1 rings (SSSR count). The van der Waals surface area contributed by atoms with Crippen molar-refractivity contribution in [3.05, 3.63) is 28.5 Å². The molecule has 5 heteroatoms. The lowest BCUT2D eigenvalue weighted by Crippen LogP contribution is -2.06. The minimum Gasteiger partial charge on any atom is -0.505 e. The Labute approximate surface area is 86.9 Å². The fraction of sp³-hybridized carbons (Fsp3) is 0.250. The molecule has 0 saturated carbocycles. The first-order valence-electron chi connectivity index (χ1n) is 3.46. The Morgan fingerprint density at radius 2 is 2.08 bits per heavy atom. The van der Waals surface area contributed by atoms with E-state index in [9.17, 15) is 9.50 Å². The van der Waals surface area contributed by atoms with Gasteiger partial charge in [0.2, 0.25) is 0 Å². The molecule has 0 radical (unpaired) electrons. The molecule has 0 aliphatic rings. The minimum atomic E-state index is -0.702. The summed E-state index contributed by atoms with van der Waals surface area (Å²) in [5.41, 5.74) is 5.72. The van der Waals surface area contributed by atoms with Crippen LogP contribution in [0.1, 0.15) is 18.5 Å². The summed E-state index contributed by atoms with van der Waals surface area (Å²) in [7, 11) is 0. The van der Waals surface area contributed by atoms with Crippen molar-refractivity contribution in [3.63, 3.8) is 0 Å². The lowest BCUT2D eigenvalue weighted by Gasteiger charge is -2.10. The first kappa shape index (κ1) is 12.5. The molecule has 0 aromatic heterocycles. The summed E-state index contributed by atoms with van der Waals surface area (Å²) < 4.78 is 12.8. The highest BCUT2D eigenvalue weighted by Gasteiger charge is 2.14. The smallest absolute Gasteiger partial charge is 0.165 e. The summed E-state index contributed by atoms with van der Waals surface area (Å²) in [5.74, 6) is -1.16. The molecule has 1 aromatic rings. The first-order chi connectivity index (χ1) is 5.54. The Balaban J connectivity index is 0.00000144. The van der Waals surface area contributed by atoms with Crippen LogP contribution in [0.5, 0.6) is 5.75 Å².